The second-order valence-electron chi connectivity index (χ2n) is 6.74. The van der Waals surface area contributed by atoms with Crippen LogP contribution in [-0.4, -0.2) is 31.6 Å². The third-order valence-corrected chi connectivity index (χ3v) is 4.43. The lowest BCUT2D eigenvalue weighted by Gasteiger charge is -2.13. The number of hydrogen-bond acceptors (Lipinski definition) is 5. The molecule has 0 aromatic heterocycles. The highest BCUT2D eigenvalue weighted by molar-refractivity contribution is 5.91. The number of carbonyl (C=O) groups is 2. The molecule has 3 rings (SSSR count). The minimum absolute atomic E-state index is 0. The van der Waals surface area contributed by atoms with Crippen LogP contribution in [0.2, 0.25) is 0 Å². The number of halogens is 1. The van der Waals surface area contributed by atoms with E-state index in [1.54, 1.807) is 18.2 Å². The summed E-state index contributed by atoms with van der Waals surface area (Å²) in [5, 5.41) is 5.70. The molecule has 0 saturated heterocycles. The smallest absolute Gasteiger partial charge is 0.258 e. The van der Waals surface area contributed by atoms with Gasteiger partial charge in [0.1, 0.15) is 0 Å². The third-order valence-electron chi connectivity index (χ3n) is 4.43. The Balaban J connectivity index is 0.00000300. The average molecular weight is 420 g/mol. The Hall–Kier alpha value is -2.93. The number of methoxy groups -OCH3 is 1. The number of nitrogens with two attached hydrogens (primary N) is 1. The number of benzene rings is 2. The van der Waals surface area contributed by atoms with Crippen LogP contribution in [-0.2, 0) is 16.0 Å². The number of rotatable bonds is 9. The number of aryl methyl sites for hydroxylation is 1. The van der Waals surface area contributed by atoms with Crippen LogP contribution < -0.4 is 25.8 Å². The Morgan fingerprint density at radius 3 is 2.55 bits per heavy atom. The maximum Gasteiger partial charge on any atom is 0.258 e. The van der Waals surface area contributed by atoms with Gasteiger partial charge in [-0.1, -0.05) is 18.2 Å². The Labute approximate surface area is 176 Å². The van der Waals surface area contributed by atoms with Gasteiger partial charge in [0.15, 0.2) is 18.1 Å². The van der Waals surface area contributed by atoms with Gasteiger partial charge in [-0.2, -0.15) is 0 Å². The van der Waals surface area contributed by atoms with Crippen LogP contribution in [0.1, 0.15) is 24.8 Å². The summed E-state index contributed by atoms with van der Waals surface area (Å²) in [7, 11) is 1.52. The molecule has 0 heterocycles. The Morgan fingerprint density at radius 2 is 1.86 bits per heavy atom. The first-order valence-corrected chi connectivity index (χ1v) is 9.28. The highest BCUT2D eigenvalue weighted by Gasteiger charge is 2.23. The zero-order chi connectivity index (χ0) is 19.9. The van der Waals surface area contributed by atoms with Gasteiger partial charge in [0.05, 0.1) is 7.11 Å². The van der Waals surface area contributed by atoms with Crippen LogP contribution >= 0.6 is 12.4 Å². The first-order chi connectivity index (χ1) is 13.5. The minimum Gasteiger partial charge on any atom is -0.493 e. The third kappa shape index (κ3) is 6.87. The van der Waals surface area contributed by atoms with E-state index in [0.717, 1.165) is 18.4 Å². The normalized spacial score (nSPS) is 12.4. The molecule has 1 aliphatic rings. The van der Waals surface area contributed by atoms with Gasteiger partial charge in [-0.05, 0) is 43.0 Å². The summed E-state index contributed by atoms with van der Waals surface area (Å²) in [5.41, 5.74) is 8.10. The number of nitrogens with one attached hydrogen (secondary N) is 2. The van der Waals surface area contributed by atoms with Gasteiger partial charge in [0, 0.05) is 29.9 Å². The first kappa shape index (κ1) is 22.4. The number of hydrogen-bond donors (Lipinski definition) is 3. The number of para-hydroxylation sites is 1. The molecule has 0 radical (unpaired) electrons. The predicted octanol–water partition coefficient (Wildman–Crippen LogP) is 2.93. The van der Waals surface area contributed by atoms with Crippen molar-refractivity contribution < 1.29 is 19.1 Å². The Kier molecular flexibility index (Phi) is 8.15. The van der Waals surface area contributed by atoms with Crippen molar-refractivity contribution in [1.29, 1.82) is 0 Å². The lowest BCUT2D eigenvalue weighted by atomic mass is 10.1. The molecule has 0 spiro atoms. The minimum atomic E-state index is -0.167. The summed E-state index contributed by atoms with van der Waals surface area (Å²) in [6.07, 6.45) is 2.90. The van der Waals surface area contributed by atoms with E-state index < -0.39 is 0 Å². The quantitative estimate of drug-likeness (QED) is 0.542. The predicted molar refractivity (Wildman–Crippen MR) is 115 cm³/mol. The topological polar surface area (TPSA) is 103 Å². The van der Waals surface area contributed by atoms with Crippen molar-refractivity contribution in [3.05, 3.63) is 48.0 Å². The lowest BCUT2D eigenvalue weighted by molar-refractivity contribution is -0.123. The van der Waals surface area contributed by atoms with Crippen molar-refractivity contribution in [3.63, 3.8) is 0 Å². The molecule has 1 aliphatic carbocycles. The SMILES string of the molecule is COc1ccc(NC(=O)CCc2ccccc2N)cc1OCC(=O)NC1CC1.Cl. The fourth-order valence-electron chi connectivity index (χ4n) is 2.74. The first-order valence-electron chi connectivity index (χ1n) is 9.28. The van der Waals surface area contributed by atoms with E-state index in [9.17, 15) is 9.59 Å². The van der Waals surface area contributed by atoms with Gasteiger partial charge >= 0.3 is 0 Å². The van der Waals surface area contributed by atoms with Crippen molar-refractivity contribution in [2.75, 3.05) is 24.8 Å². The molecule has 29 heavy (non-hydrogen) atoms. The largest absolute Gasteiger partial charge is 0.493 e. The standard InChI is InChI=1S/C21H25N3O4.ClH/c1-27-18-10-9-16(12-19(18)28-13-21(26)23-15-7-8-15)24-20(25)11-6-14-4-2-3-5-17(14)22;/h2-5,9-10,12,15H,6-8,11,13,22H2,1H3,(H,23,26)(H,24,25);1H. The Bertz CT molecular complexity index is 856. The fraction of sp³-hybridized carbons (Fsp3) is 0.333. The van der Waals surface area contributed by atoms with Crippen LogP contribution in [0.3, 0.4) is 0 Å². The monoisotopic (exact) mass is 419 g/mol. The van der Waals surface area contributed by atoms with Crippen LogP contribution in [0.25, 0.3) is 0 Å². The summed E-state index contributed by atoms with van der Waals surface area (Å²) in [5.74, 6) is 0.595. The molecule has 4 N–H and O–H groups in total. The Morgan fingerprint density at radius 1 is 1.10 bits per heavy atom. The molecule has 7 nitrogen and oxygen atoms in total. The molecular formula is C21H26ClN3O4. The van der Waals surface area contributed by atoms with E-state index in [1.807, 2.05) is 24.3 Å². The van der Waals surface area contributed by atoms with Gasteiger partial charge in [-0.3, -0.25) is 9.59 Å². The summed E-state index contributed by atoms with van der Waals surface area (Å²) in [4.78, 5) is 24.1. The molecule has 1 saturated carbocycles. The molecular weight excluding hydrogens is 394 g/mol. The molecule has 1 fully saturated rings. The summed E-state index contributed by atoms with van der Waals surface area (Å²) in [6, 6.07) is 12.8. The number of carbonyl (C=O) groups excluding carboxylic acids is 2. The number of anilines is 2. The number of nitrogen functional groups attached to an aromatic ring is 1. The molecule has 2 aromatic rings. The maximum absolute atomic E-state index is 12.3. The molecule has 2 aromatic carbocycles. The second-order valence-corrected chi connectivity index (χ2v) is 6.74. The molecule has 156 valence electrons. The van der Waals surface area contributed by atoms with E-state index in [0.29, 0.717) is 35.7 Å². The van der Waals surface area contributed by atoms with Crippen LogP contribution in [0.15, 0.2) is 42.5 Å². The van der Waals surface area contributed by atoms with Crippen molar-refractivity contribution in [3.8, 4) is 11.5 Å². The highest BCUT2D eigenvalue weighted by atomic mass is 35.5. The van der Waals surface area contributed by atoms with Crippen molar-refractivity contribution in [2.45, 2.75) is 31.7 Å². The van der Waals surface area contributed by atoms with Crippen molar-refractivity contribution in [1.82, 2.24) is 5.32 Å². The van der Waals surface area contributed by atoms with Crippen molar-refractivity contribution >= 4 is 35.6 Å². The van der Waals surface area contributed by atoms with E-state index >= 15 is 0 Å². The van der Waals surface area contributed by atoms with Gasteiger partial charge in [0.25, 0.3) is 5.91 Å². The summed E-state index contributed by atoms with van der Waals surface area (Å²) < 4.78 is 10.8. The van der Waals surface area contributed by atoms with Crippen molar-refractivity contribution in [2.24, 2.45) is 0 Å². The molecule has 0 aliphatic heterocycles. The van der Waals surface area contributed by atoms with Gasteiger partial charge in [0.2, 0.25) is 5.91 Å². The van der Waals surface area contributed by atoms with E-state index in [1.165, 1.54) is 7.11 Å². The highest BCUT2D eigenvalue weighted by Crippen LogP contribution is 2.30. The fourth-order valence-corrected chi connectivity index (χ4v) is 2.74. The molecule has 2 amide bonds. The lowest BCUT2D eigenvalue weighted by Crippen LogP contribution is -2.30. The van der Waals surface area contributed by atoms with Crippen LogP contribution in [0.5, 0.6) is 11.5 Å². The van der Waals surface area contributed by atoms with E-state index in [2.05, 4.69) is 10.6 Å². The maximum atomic E-state index is 12.3. The molecule has 8 heteroatoms. The summed E-state index contributed by atoms with van der Waals surface area (Å²) >= 11 is 0. The number of amides is 2. The van der Waals surface area contributed by atoms with Crippen LogP contribution in [0.4, 0.5) is 11.4 Å². The van der Waals surface area contributed by atoms with E-state index in [-0.39, 0.29) is 36.9 Å². The zero-order valence-corrected chi connectivity index (χ0v) is 17.1. The van der Waals surface area contributed by atoms with Gasteiger partial charge < -0.3 is 25.8 Å². The summed E-state index contributed by atoms with van der Waals surface area (Å²) in [6.45, 7) is -0.0997. The van der Waals surface area contributed by atoms with Gasteiger partial charge in [-0.25, -0.2) is 0 Å². The zero-order valence-electron chi connectivity index (χ0n) is 16.3. The molecule has 0 atom stereocenters. The number of ether oxygens (including phenoxy) is 2. The average Bonchev–Trinajstić information content (AvgIpc) is 3.50. The molecule has 0 unspecified atom stereocenters. The van der Waals surface area contributed by atoms with Crippen LogP contribution in [0, 0.1) is 0 Å². The second kappa shape index (κ2) is 10.6. The molecule has 0 bridgehead atoms. The van der Waals surface area contributed by atoms with Gasteiger partial charge in [-0.15, -0.1) is 12.4 Å². The van der Waals surface area contributed by atoms with E-state index in [4.69, 9.17) is 15.2 Å².